The summed E-state index contributed by atoms with van der Waals surface area (Å²) in [5, 5.41) is 8.98. The zero-order valence-corrected chi connectivity index (χ0v) is 12.2. The van der Waals surface area contributed by atoms with Gasteiger partial charge in [-0.05, 0) is 51.4 Å². The maximum atomic E-state index is 10.9. The zero-order valence-electron chi connectivity index (χ0n) is 12.2. The first-order valence-electron chi connectivity index (χ1n) is 8.19. The molecule has 1 heterocycles. The molecule has 1 saturated heterocycles. The van der Waals surface area contributed by atoms with Gasteiger partial charge in [0.25, 0.3) is 0 Å². The van der Waals surface area contributed by atoms with Gasteiger partial charge >= 0.3 is 5.97 Å². The van der Waals surface area contributed by atoms with Crippen LogP contribution >= 0.6 is 0 Å². The minimum atomic E-state index is -0.647. The molecule has 114 valence electrons. The maximum Gasteiger partial charge on any atom is 0.306 e. The van der Waals surface area contributed by atoms with Crippen molar-refractivity contribution in [3.63, 3.8) is 0 Å². The van der Waals surface area contributed by atoms with Gasteiger partial charge in [-0.3, -0.25) is 4.79 Å². The lowest BCUT2D eigenvalue weighted by Crippen LogP contribution is -2.30. The van der Waals surface area contributed by atoms with Crippen LogP contribution in [0.2, 0.25) is 0 Å². The molecule has 4 heteroatoms. The summed E-state index contributed by atoms with van der Waals surface area (Å²) in [6.07, 6.45) is 11.2. The Labute approximate surface area is 120 Å². The van der Waals surface area contributed by atoms with Crippen molar-refractivity contribution in [3.05, 3.63) is 0 Å². The normalized spacial score (nSPS) is 36.5. The van der Waals surface area contributed by atoms with Gasteiger partial charge in [0.2, 0.25) is 0 Å². The minimum absolute atomic E-state index is 0.153. The minimum Gasteiger partial charge on any atom is -0.481 e. The van der Waals surface area contributed by atoms with Crippen molar-refractivity contribution in [2.24, 2.45) is 5.92 Å². The lowest BCUT2D eigenvalue weighted by Gasteiger charge is -2.28. The topological polar surface area (TPSA) is 55.8 Å². The Balaban J connectivity index is 1.37. The number of rotatable bonds is 4. The summed E-state index contributed by atoms with van der Waals surface area (Å²) in [7, 11) is 0. The summed E-state index contributed by atoms with van der Waals surface area (Å²) < 4.78 is 12.2. The van der Waals surface area contributed by atoms with Crippen LogP contribution in [-0.2, 0) is 14.3 Å². The molecule has 0 aromatic rings. The van der Waals surface area contributed by atoms with Crippen molar-refractivity contribution in [1.29, 1.82) is 0 Å². The number of hydrogen-bond acceptors (Lipinski definition) is 3. The highest BCUT2D eigenvalue weighted by atomic mass is 16.6. The molecule has 20 heavy (non-hydrogen) atoms. The summed E-state index contributed by atoms with van der Waals surface area (Å²) in [6.45, 7) is 0.699. The van der Waals surface area contributed by atoms with Gasteiger partial charge in [0.15, 0.2) is 0 Å². The van der Waals surface area contributed by atoms with Gasteiger partial charge in [-0.1, -0.05) is 12.8 Å². The lowest BCUT2D eigenvalue weighted by molar-refractivity contribution is -0.144. The van der Waals surface area contributed by atoms with E-state index < -0.39 is 5.97 Å². The molecule has 0 amide bonds. The molecule has 3 fully saturated rings. The van der Waals surface area contributed by atoms with Crippen molar-refractivity contribution < 1.29 is 19.4 Å². The van der Waals surface area contributed by atoms with E-state index in [9.17, 15) is 4.79 Å². The molecule has 2 saturated carbocycles. The molecule has 1 atom stereocenters. The Morgan fingerprint density at radius 2 is 1.80 bits per heavy atom. The van der Waals surface area contributed by atoms with E-state index in [1.54, 1.807) is 0 Å². The first-order valence-corrected chi connectivity index (χ1v) is 8.19. The number of ether oxygens (including phenoxy) is 2. The van der Waals surface area contributed by atoms with Crippen LogP contribution in [0.25, 0.3) is 0 Å². The maximum absolute atomic E-state index is 10.9. The Bertz CT molecular complexity index is 340. The van der Waals surface area contributed by atoms with E-state index in [1.165, 1.54) is 32.1 Å². The molecule has 3 aliphatic rings. The highest BCUT2D eigenvalue weighted by Gasteiger charge is 2.42. The van der Waals surface area contributed by atoms with Crippen molar-refractivity contribution in [3.8, 4) is 0 Å². The molecule has 0 aromatic heterocycles. The lowest BCUT2D eigenvalue weighted by atomic mass is 9.87. The van der Waals surface area contributed by atoms with Gasteiger partial charge in [0.1, 0.15) is 0 Å². The quantitative estimate of drug-likeness (QED) is 0.860. The number of carboxylic acid groups (broad SMARTS) is 1. The second kappa shape index (κ2) is 6.02. The van der Waals surface area contributed by atoms with Gasteiger partial charge in [-0.25, -0.2) is 0 Å². The largest absolute Gasteiger partial charge is 0.481 e. The molecule has 0 bridgehead atoms. The van der Waals surface area contributed by atoms with E-state index in [4.69, 9.17) is 14.6 Å². The number of carboxylic acids is 1. The van der Waals surface area contributed by atoms with Crippen LogP contribution in [0.5, 0.6) is 0 Å². The molecule has 3 rings (SSSR count). The van der Waals surface area contributed by atoms with Gasteiger partial charge in [-0.2, -0.15) is 0 Å². The van der Waals surface area contributed by atoms with Crippen molar-refractivity contribution in [2.45, 2.75) is 82.0 Å². The average molecular weight is 282 g/mol. The third-order valence-corrected chi connectivity index (χ3v) is 5.39. The molecule has 1 aliphatic heterocycles. The second-order valence-corrected chi connectivity index (χ2v) is 6.81. The van der Waals surface area contributed by atoms with Crippen molar-refractivity contribution in [1.82, 2.24) is 0 Å². The number of hydrogen-bond donors (Lipinski definition) is 1. The van der Waals surface area contributed by atoms with Crippen LogP contribution in [0.15, 0.2) is 0 Å². The summed E-state index contributed by atoms with van der Waals surface area (Å²) >= 11 is 0. The van der Waals surface area contributed by atoms with Crippen LogP contribution in [0, 0.1) is 5.92 Å². The first kappa shape index (κ1) is 14.3. The third-order valence-electron chi connectivity index (χ3n) is 5.39. The first-order chi connectivity index (χ1) is 9.67. The standard InChI is InChI=1S/C16H26O4/c17-15(18)12-3-5-13(6-4-12)19-11-14-7-10-16(20-14)8-1-2-9-16/h12-14H,1-11H2,(H,17,18). The fraction of sp³-hybridized carbons (Fsp3) is 0.938. The Morgan fingerprint density at radius 1 is 1.10 bits per heavy atom. The molecule has 0 aromatic carbocycles. The van der Waals surface area contributed by atoms with Gasteiger partial charge in [0.05, 0.1) is 30.3 Å². The highest BCUT2D eigenvalue weighted by Crippen LogP contribution is 2.43. The third kappa shape index (κ3) is 3.17. The van der Waals surface area contributed by atoms with Crippen LogP contribution in [-0.4, -0.2) is 35.5 Å². The van der Waals surface area contributed by atoms with Crippen LogP contribution in [0.1, 0.15) is 64.2 Å². The van der Waals surface area contributed by atoms with E-state index in [2.05, 4.69) is 0 Å². The molecule has 1 spiro atoms. The van der Waals surface area contributed by atoms with Crippen LogP contribution in [0.4, 0.5) is 0 Å². The van der Waals surface area contributed by atoms with Crippen LogP contribution in [0.3, 0.4) is 0 Å². The SMILES string of the molecule is O=C(O)C1CCC(OCC2CCC3(CCCC3)O2)CC1. The summed E-state index contributed by atoms with van der Waals surface area (Å²) in [6, 6.07) is 0. The fourth-order valence-corrected chi connectivity index (χ4v) is 4.12. The van der Waals surface area contributed by atoms with E-state index >= 15 is 0 Å². The molecule has 1 unspecified atom stereocenters. The zero-order chi connectivity index (χ0) is 14.0. The summed E-state index contributed by atoms with van der Waals surface area (Å²) in [5.41, 5.74) is 0.189. The summed E-state index contributed by atoms with van der Waals surface area (Å²) in [5.74, 6) is -0.801. The number of aliphatic carboxylic acids is 1. The Kier molecular flexibility index (Phi) is 4.32. The average Bonchev–Trinajstić information content (AvgIpc) is 3.08. The Morgan fingerprint density at radius 3 is 2.45 bits per heavy atom. The highest BCUT2D eigenvalue weighted by molar-refractivity contribution is 5.70. The van der Waals surface area contributed by atoms with Crippen molar-refractivity contribution in [2.75, 3.05) is 6.61 Å². The second-order valence-electron chi connectivity index (χ2n) is 6.81. The predicted octanol–water partition coefficient (Wildman–Crippen LogP) is 3.14. The molecule has 4 nitrogen and oxygen atoms in total. The van der Waals surface area contributed by atoms with E-state index in [0.717, 1.165) is 32.1 Å². The van der Waals surface area contributed by atoms with E-state index in [1.807, 2.05) is 0 Å². The van der Waals surface area contributed by atoms with E-state index in [0.29, 0.717) is 6.61 Å². The smallest absolute Gasteiger partial charge is 0.306 e. The van der Waals surface area contributed by atoms with Crippen LogP contribution < -0.4 is 0 Å². The Hall–Kier alpha value is -0.610. The molecular formula is C16H26O4. The van der Waals surface area contributed by atoms with Gasteiger partial charge < -0.3 is 14.6 Å². The fourth-order valence-electron chi connectivity index (χ4n) is 4.12. The predicted molar refractivity (Wildman–Crippen MR) is 74.6 cm³/mol. The van der Waals surface area contributed by atoms with Gasteiger partial charge in [-0.15, -0.1) is 0 Å². The van der Waals surface area contributed by atoms with E-state index in [-0.39, 0.29) is 23.7 Å². The molecule has 2 aliphatic carbocycles. The monoisotopic (exact) mass is 282 g/mol. The molecular weight excluding hydrogens is 256 g/mol. The molecule has 0 radical (unpaired) electrons. The molecule has 1 N–H and O–H groups in total. The van der Waals surface area contributed by atoms with Gasteiger partial charge in [0, 0.05) is 0 Å². The number of carbonyl (C=O) groups is 1. The summed E-state index contributed by atoms with van der Waals surface area (Å²) in [4.78, 5) is 10.9. The van der Waals surface area contributed by atoms with Crippen molar-refractivity contribution >= 4 is 5.97 Å².